The molecule has 1 atom stereocenters. The van der Waals surface area contributed by atoms with Gasteiger partial charge in [-0.05, 0) is 52.7 Å². The molecule has 0 aromatic rings. The molecule has 0 saturated heterocycles. The Morgan fingerprint density at radius 1 is 1.27 bits per heavy atom. The number of nitrogens with one attached hydrogen (secondary N) is 1. The van der Waals surface area contributed by atoms with Crippen molar-refractivity contribution >= 4 is 0 Å². The van der Waals surface area contributed by atoms with Gasteiger partial charge in [0.05, 0.1) is 0 Å². The largest absolute Gasteiger partial charge is 0.316 e. The summed E-state index contributed by atoms with van der Waals surface area (Å²) in [6.07, 6.45) is 2.43. The maximum Gasteiger partial charge on any atom is 0.0147 e. The molecule has 0 heterocycles. The molecule has 2 heteroatoms. The third kappa shape index (κ3) is 6.16. The quantitative estimate of drug-likeness (QED) is 0.625. The van der Waals surface area contributed by atoms with Crippen molar-refractivity contribution in [2.75, 3.05) is 26.7 Å². The van der Waals surface area contributed by atoms with Crippen molar-refractivity contribution in [3.63, 3.8) is 0 Å². The molecule has 1 N–H and O–H groups in total. The molecule has 0 amide bonds. The van der Waals surface area contributed by atoms with Crippen LogP contribution in [0, 0.1) is 5.92 Å². The van der Waals surface area contributed by atoms with Crippen molar-refractivity contribution in [3.8, 4) is 0 Å². The first kappa shape index (κ1) is 14.9. The van der Waals surface area contributed by atoms with Crippen LogP contribution in [-0.2, 0) is 0 Å². The molecule has 2 nitrogen and oxygen atoms in total. The van der Waals surface area contributed by atoms with Crippen molar-refractivity contribution in [1.82, 2.24) is 10.2 Å². The number of hydrogen-bond donors (Lipinski definition) is 1. The van der Waals surface area contributed by atoms with Gasteiger partial charge >= 0.3 is 0 Å². The van der Waals surface area contributed by atoms with Gasteiger partial charge in [0, 0.05) is 12.1 Å². The zero-order chi connectivity index (χ0) is 11.9. The highest BCUT2D eigenvalue weighted by Gasteiger charge is 2.21. The second-order valence-corrected chi connectivity index (χ2v) is 5.36. The predicted octanol–water partition coefficient (Wildman–Crippen LogP) is 2.74. The number of rotatable bonds is 8. The molecule has 0 bridgehead atoms. The molecule has 0 aromatic heterocycles. The lowest BCUT2D eigenvalue weighted by Gasteiger charge is -2.36. The van der Waals surface area contributed by atoms with Crippen LogP contribution in [0.5, 0.6) is 0 Å². The summed E-state index contributed by atoms with van der Waals surface area (Å²) in [5.41, 5.74) is 0.332. The minimum absolute atomic E-state index is 0.332. The lowest BCUT2D eigenvalue weighted by molar-refractivity contribution is 0.131. The van der Waals surface area contributed by atoms with E-state index in [2.05, 4.69) is 51.9 Å². The van der Waals surface area contributed by atoms with E-state index in [1.54, 1.807) is 0 Å². The molecule has 1 unspecified atom stereocenters. The van der Waals surface area contributed by atoms with Crippen LogP contribution in [0.1, 0.15) is 47.5 Å². The highest BCUT2D eigenvalue weighted by molar-refractivity contribution is 4.78. The van der Waals surface area contributed by atoms with Crippen LogP contribution < -0.4 is 5.32 Å². The molecule has 0 aromatic carbocycles. The van der Waals surface area contributed by atoms with Crippen LogP contribution in [0.2, 0.25) is 0 Å². The monoisotopic (exact) mass is 214 g/mol. The summed E-state index contributed by atoms with van der Waals surface area (Å²) in [7, 11) is 2.24. The molecule has 0 radical (unpaired) electrons. The second-order valence-electron chi connectivity index (χ2n) is 5.36. The van der Waals surface area contributed by atoms with E-state index in [1.165, 1.54) is 19.4 Å². The first-order valence-electron chi connectivity index (χ1n) is 6.36. The Morgan fingerprint density at radius 3 is 2.33 bits per heavy atom. The highest BCUT2D eigenvalue weighted by atomic mass is 15.2. The minimum atomic E-state index is 0.332. The molecule has 0 aliphatic rings. The van der Waals surface area contributed by atoms with Crippen molar-refractivity contribution in [2.45, 2.75) is 53.0 Å². The maximum atomic E-state index is 3.48. The molecule has 0 rings (SSSR count). The maximum absolute atomic E-state index is 3.48. The van der Waals surface area contributed by atoms with E-state index in [-0.39, 0.29) is 0 Å². The van der Waals surface area contributed by atoms with E-state index >= 15 is 0 Å². The first-order chi connectivity index (χ1) is 6.94. The topological polar surface area (TPSA) is 15.3 Å². The van der Waals surface area contributed by atoms with E-state index in [0.29, 0.717) is 5.54 Å². The van der Waals surface area contributed by atoms with Gasteiger partial charge in [0.1, 0.15) is 0 Å². The summed E-state index contributed by atoms with van der Waals surface area (Å²) < 4.78 is 0. The van der Waals surface area contributed by atoms with E-state index < -0.39 is 0 Å². The molecule has 0 spiro atoms. The molecule has 0 aliphatic heterocycles. The fourth-order valence-electron chi connectivity index (χ4n) is 1.57. The van der Waals surface area contributed by atoms with E-state index in [1.807, 2.05) is 0 Å². The minimum Gasteiger partial charge on any atom is -0.316 e. The predicted molar refractivity (Wildman–Crippen MR) is 69.3 cm³/mol. The third-order valence-corrected chi connectivity index (χ3v) is 3.40. The number of nitrogens with zero attached hydrogens (tertiary/aromatic N) is 1. The van der Waals surface area contributed by atoms with E-state index in [9.17, 15) is 0 Å². The molecule has 15 heavy (non-hydrogen) atoms. The zero-order valence-electron chi connectivity index (χ0n) is 11.6. The van der Waals surface area contributed by atoms with Crippen LogP contribution in [-0.4, -0.2) is 37.1 Å². The van der Waals surface area contributed by atoms with Crippen molar-refractivity contribution in [3.05, 3.63) is 0 Å². The summed E-state index contributed by atoms with van der Waals surface area (Å²) in [5, 5.41) is 3.48. The molecular weight excluding hydrogens is 184 g/mol. The molecular formula is C13H30N2. The van der Waals surface area contributed by atoms with Gasteiger partial charge in [-0.3, -0.25) is 0 Å². The normalized spacial score (nSPS) is 14.6. The summed E-state index contributed by atoms with van der Waals surface area (Å²) >= 11 is 0. The summed E-state index contributed by atoms with van der Waals surface area (Å²) in [6.45, 7) is 14.9. The molecule has 0 saturated carbocycles. The Balaban J connectivity index is 3.80. The van der Waals surface area contributed by atoms with Gasteiger partial charge < -0.3 is 10.2 Å². The molecule has 0 fully saturated rings. The Labute approximate surface area is 96.4 Å². The van der Waals surface area contributed by atoms with Gasteiger partial charge in [-0.2, -0.15) is 0 Å². The van der Waals surface area contributed by atoms with Crippen molar-refractivity contribution in [2.24, 2.45) is 5.92 Å². The number of hydrogen-bond acceptors (Lipinski definition) is 2. The smallest absolute Gasteiger partial charge is 0.0147 e. The van der Waals surface area contributed by atoms with Crippen LogP contribution in [0.15, 0.2) is 0 Å². The van der Waals surface area contributed by atoms with Crippen LogP contribution in [0.25, 0.3) is 0 Å². The van der Waals surface area contributed by atoms with Crippen LogP contribution >= 0.6 is 0 Å². The van der Waals surface area contributed by atoms with Gasteiger partial charge in [-0.25, -0.2) is 0 Å². The highest BCUT2D eigenvalue weighted by Crippen LogP contribution is 2.17. The van der Waals surface area contributed by atoms with Gasteiger partial charge in [0.25, 0.3) is 0 Å². The van der Waals surface area contributed by atoms with Gasteiger partial charge in [-0.15, -0.1) is 0 Å². The molecule has 92 valence electrons. The van der Waals surface area contributed by atoms with Crippen LogP contribution in [0.3, 0.4) is 0 Å². The second kappa shape index (κ2) is 7.24. The van der Waals surface area contributed by atoms with Crippen molar-refractivity contribution in [1.29, 1.82) is 0 Å². The average molecular weight is 214 g/mol. The Kier molecular flexibility index (Phi) is 7.20. The standard InChI is InChI=1S/C13H30N2/c1-7-9-14-10-12(3)11-15(6)13(4,5)8-2/h12,14H,7-11H2,1-6H3. The Bertz CT molecular complexity index is 155. The lowest BCUT2D eigenvalue weighted by Crippen LogP contribution is -2.44. The fraction of sp³-hybridized carbons (Fsp3) is 1.00. The fourth-order valence-corrected chi connectivity index (χ4v) is 1.57. The summed E-state index contributed by atoms with van der Waals surface area (Å²) in [5.74, 6) is 0.729. The first-order valence-corrected chi connectivity index (χ1v) is 6.36. The van der Waals surface area contributed by atoms with Crippen LogP contribution in [0.4, 0.5) is 0 Å². The average Bonchev–Trinajstić information content (AvgIpc) is 2.18. The SMILES string of the molecule is CCCNCC(C)CN(C)C(C)(C)CC. The van der Waals surface area contributed by atoms with Gasteiger partial charge in [-0.1, -0.05) is 20.8 Å². The van der Waals surface area contributed by atoms with E-state index in [0.717, 1.165) is 19.0 Å². The third-order valence-electron chi connectivity index (χ3n) is 3.40. The van der Waals surface area contributed by atoms with Gasteiger partial charge in [0.2, 0.25) is 0 Å². The Morgan fingerprint density at radius 2 is 1.87 bits per heavy atom. The van der Waals surface area contributed by atoms with Crippen molar-refractivity contribution < 1.29 is 0 Å². The van der Waals surface area contributed by atoms with E-state index in [4.69, 9.17) is 0 Å². The Hall–Kier alpha value is -0.0800. The van der Waals surface area contributed by atoms with Gasteiger partial charge in [0.15, 0.2) is 0 Å². The molecule has 0 aliphatic carbocycles. The lowest BCUT2D eigenvalue weighted by atomic mass is 9.98. The summed E-state index contributed by atoms with van der Waals surface area (Å²) in [6, 6.07) is 0. The zero-order valence-corrected chi connectivity index (χ0v) is 11.6. The summed E-state index contributed by atoms with van der Waals surface area (Å²) in [4.78, 5) is 2.48.